The highest BCUT2D eigenvalue weighted by atomic mass is 79.9. The summed E-state index contributed by atoms with van der Waals surface area (Å²) >= 11 is 4.32. The summed E-state index contributed by atoms with van der Waals surface area (Å²) in [5, 5.41) is 43.9. The Hall–Kier alpha value is -5.64. The molecule has 3 saturated carbocycles. The number of aliphatic carboxylic acids is 1. The second-order valence-electron chi connectivity index (χ2n) is 18.7. The van der Waals surface area contributed by atoms with E-state index >= 15 is 0 Å². The van der Waals surface area contributed by atoms with Crippen molar-refractivity contribution in [1.29, 1.82) is 0 Å². The van der Waals surface area contributed by atoms with Gasteiger partial charge >= 0.3 is 12.1 Å². The Morgan fingerprint density at radius 2 is 1.75 bits per heavy atom. The minimum atomic E-state index is -1.46. The summed E-state index contributed by atoms with van der Waals surface area (Å²) in [6, 6.07) is 12.8. The van der Waals surface area contributed by atoms with Crippen LogP contribution < -0.4 is 21.3 Å². The molecule has 0 bridgehead atoms. The number of hydrogen-bond donors (Lipinski definition) is 7. The Balaban J connectivity index is 0.827. The van der Waals surface area contributed by atoms with Gasteiger partial charge in [0.25, 0.3) is 0 Å². The van der Waals surface area contributed by atoms with Crippen molar-refractivity contribution in [2.45, 2.75) is 95.5 Å². The summed E-state index contributed by atoms with van der Waals surface area (Å²) in [5.41, 5.74) is 0.870. The Labute approximate surface area is 409 Å². The number of aliphatic hydroxyl groups excluding tert-OH is 2. The molecular formula is C49H54BrN5O13S. The summed E-state index contributed by atoms with van der Waals surface area (Å²) in [6.07, 6.45) is 4.46. The number of carbonyl (C=O) groups excluding carboxylic acids is 6. The van der Waals surface area contributed by atoms with Gasteiger partial charge in [-0.05, 0) is 79.4 Å². The van der Waals surface area contributed by atoms with Gasteiger partial charge in [0.1, 0.15) is 25.1 Å². The molecule has 366 valence electrons. The highest BCUT2D eigenvalue weighted by molar-refractivity contribution is 9.09. The number of Topliss-reactive ketones (excluding diaryl/α,β-unsaturated/α-hetero) is 1. The van der Waals surface area contributed by atoms with Crippen molar-refractivity contribution in [3.63, 3.8) is 0 Å². The number of thiazole rings is 1. The summed E-state index contributed by atoms with van der Waals surface area (Å²) < 4.78 is 18.7. The van der Waals surface area contributed by atoms with Crippen LogP contribution in [0.25, 0.3) is 0 Å². The average Bonchev–Trinajstić information content (AvgIpc) is 4.01. The van der Waals surface area contributed by atoms with E-state index in [1.165, 1.54) is 11.3 Å². The first-order valence-corrected chi connectivity index (χ1v) is 24.8. The maximum atomic E-state index is 13.9. The first-order chi connectivity index (χ1) is 33.0. The molecule has 20 heteroatoms. The van der Waals surface area contributed by atoms with E-state index < -0.39 is 89.7 Å². The molecule has 1 aromatic heterocycles. The number of carbonyl (C=O) groups is 7. The van der Waals surface area contributed by atoms with Crippen molar-refractivity contribution >= 4 is 80.1 Å². The van der Waals surface area contributed by atoms with E-state index in [-0.39, 0.29) is 54.7 Å². The van der Waals surface area contributed by atoms with Gasteiger partial charge in [-0.3, -0.25) is 34.1 Å². The number of benzene rings is 2. The van der Waals surface area contributed by atoms with E-state index in [1.807, 2.05) is 37.3 Å². The Bertz CT molecular complexity index is 2570. The van der Waals surface area contributed by atoms with E-state index in [0.29, 0.717) is 35.5 Å². The minimum Gasteiger partial charge on any atom is -0.481 e. The van der Waals surface area contributed by atoms with E-state index in [2.05, 4.69) is 49.1 Å². The van der Waals surface area contributed by atoms with Gasteiger partial charge in [0.2, 0.25) is 17.7 Å². The van der Waals surface area contributed by atoms with Crippen LogP contribution in [0, 0.1) is 28.6 Å². The molecule has 4 amide bonds. The number of anilines is 2. The van der Waals surface area contributed by atoms with Gasteiger partial charge in [0, 0.05) is 46.2 Å². The van der Waals surface area contributed by atoms with Gasteiger partial charge in [0.05, 0.1) is 29.1 Å². The fraction of sp³-hybridized carbons (Fsp3) is 0.469. The molecule has 69 heavy (non-hydrogen) atoms. The lowest BCUT2D eigenvalue weighted by molar-refractivity contribution is -0.201. The highest BCUT2D eigenvalue weighted by Gasteiger charge is 2.76. The SMILES string of the molecule is C[C@]12C=CC(=O)C=C1CC[C@@H]1[C@@H]2[C@@H](O)C[C@@]2(C)[C@H]1C[C@H]1O[C@H](c3ccc(Cc4nc(NC(=O)OCc5ccc(NC(=O)[C@H](CCC(=O)O)NC(=O)CNC(=O)CBr)cc5)cs4)cc3)O[C@]12C(=O)CO. The number of hydrogen-bond acceptors (Lipinski definition) is 14. The number of amides is 4. The van der Waals surface area contributed by atoms with E-state index in [9.17, 15) is 43.8 Å². The minimum absolute atomic E-state index is 0.0142. The quantitative estimate of drug-likeness (QED) is 0.0889. The number of ether oxygens (including phenoxy) is 3. The largest absolute Gasteiger partial charge is 0.481 e. The highest BCUT2D eigenvalue weighted by Crippen LogP contribution is 2.70. The number of rotatable bonds is 17. The number of nitrogens with one attached hydrogen (secondary N) is 4. The number of allylic oxidation sites excluding steroid dienone is 4. The van der Waals surface area contributed by atoms with Crippen molar-refractivity contribution in [2.75, 3.05) is 29.1 Å². The predicted octanol–water partition coefficient (Wildman–Crippen LogP) is 4.88. The standard InChI is InChI=1S/C49H54BrN5O13S/c1-47-16-15-31(57)18-29(47)9-12-32-33-19-37-49(36(59)23-56,48(33,2)20-35(58)43(32)47)68-45(67-37)28-7-3-26(4-8-28)17-41-54-38(25-69-41)55-46(65)66-24-27-5-10-30(11-6-27)52-44(64)34(13-14-42(62)63)53-40(61)22-51-39(60)21-50/h3-8,10-11,15-16,18,25,32-35,37,43,45,56,58H,9,12-14,17,19-24H2,1-2H3,(H,51,60)(H,52,64)(H,53,61)(H,55,65)(H,62,63)/t32-,33-,34-,35-,37+,43+,45-,47-,48-,49+/m0/s1. The molecule has 18 nitrogen and oxygen atoms in total. The second-order valence-corrected chi connectivity index (χ2v) is 20.2. The molecule has 1 aliphatic heterocycles. The summed E-state index contributed by atoms with van der Waals surface area (Å²) in [5.74, 6) is -3.18. The number of carboxylic acids is 1. The van der Waals surface area contributed by atoms with Crippen molar-refractivity contribution in [3.05, 3.63) is 99.4 Å². The van der Waals surface area contributed by atoms with Crippen LogP contribution in [0.4, 0.5) is 16.3 Å². The Morgan fingerprint density at radius 1 is 1.01 bits per heavy atom. The van der Waals surface area contributed by atoms with E-state index in [0.717, 1.165) is 29.0 Å². The van der Waals surface area contributed by atoms with Gasteiger partial charge in [-0.1, -0.05) is 77.8 Å². The lowest BCUT2D eigenvalue weighted by Crippen LogP contribution is -2.63. The van der Waals surface area contributed by atoms with E-state index in [4.69, 9.17) is 19.3 Å². The number of fused-ring (bicyclic) bond motifs is 7. The van der Waals surface area contributed by atoms with Crippen molar-refractivity contribution < 1.29 is 63.1 Å². The predicted molar refractivity (Wildman–Crippen MR) is 253 cm³/mol. The van der Waals surface area contributed by atoms with E-state index in [1.54, 1.807) is 41.8 Å². The second kappa shape index (κ2) is 20.4. The smallest absolute Gasteiger partial charge is 0.413 e. The summed E-state index contributed by atoms with van der Waals surface area (Å²) in [7, 11) is 0. The first kappa shape index (κ1) is 49.8. The van der Waals surface area contributed by atoms with Gasteiger partial charge in [-0.15, -0.1) is 11.3 Å². The van der Waals surface area contributed by atoms with Gasteiger partial charge in [-0.25, -0.2) is 9.78 Å². The molecule has 5 aliphatic rings. The fourth-order valence-corrected chi connectivity index (χ4v) is 12.4. The van der Waals surface area contributed by atoms with Gasteiger partial charge < -0.3 is 45.5 Å². The number of aromatic nitrogens is 1. The maximum Gasteiger partial charge on any atom is 0.413 e. The third kappa shape index (κ3) is 10.0. The zero-order chi connectivity index (χ0) is 49.3. The molecule has 0 spiro atoms. The number of aliphatic hydroxyl groups is 2. The topological polar surface area (TPSA) is 269 Å². The third-order valence-electron chi connectivity index (χ3n) is 14.6. The number of alkyl halides is 1. The van der Waals surface area contributed by atoms with Crippen LogP contribution in [0.1, 0.15) is 80.4 Å². The molecule has 3 aromatic rings. The number of nitrogens with zero attached hydrogens (tertiary/aromatic N) is 1. The van der Waals surface area contributed by atoms with Crippen LogP contribution in [0.3, 0.4) is 0 Å². The molecule has 4 aliphatic carbocycles. The van der Waals surface area contributed by atoms with Crippen LogP contribution in [0.15, 0.2) is 77.7 Å². The normalized spacial score (nSPS) is 29.0. The van der Waals surface area contributed by atoms with Crippen LogP contribution >= 0.6 is 27.3 Å². The van der Waals surface area contributed by atoms with Gasteiger partial charge in [-0.2, -0.15) is 0 Å². The zero-order valence-corrected chi connectivity index (χ0v) is 40.3. The summed E-state index contributed by atoms with van der Waals surface area (Å²) in [4.78, 5) is 91.3. The molecule has 2 aromatic carbocycles. The molecule has 0 radical (unpaired) electrons. The van der Waals surface area contributed by atoms with Crippen LogP contribution in [-0.4, -0.2) is 104 Å². The molecule has 2 heterocycles. The average molecular weight is 1030 g/mol. The fourth-order valence-electron chi connectivity index (χ4n) is 11.5. The van der Waals surface area contributed by atoms with Crippen molar-refractivity contribution in [2.24, 2.45) is 28.6 Å². The monoisotopic (exact) mass is 1030 g/mol. The van der Waals surface area contributed by atoms with Crippen molar-refractivity contribution in [3.8, 4) is 0 Å². The van der Waals surface area contributed by atoms with Crippen LogP contribution in [0.2, 0.25) is 0 Å². The lowest BCUT2D eigenvalue weighted by Gasteiger charge is -2.59. The molecule has 0 unspecified atom stereocenters. The third-order valence-corrected chi connectivity index (χ3v) is 16.0. The molecule has 8 rings (SSSR count). The first-order valence-electron chi connectivity index (χ1n) is 22.8. The van der Waals surface area contributed by atoms with Crippen LogP contribution in [0.5, 0.6) is 0 Å². The molecule has 1 saturated heterocycles. The molecule has 10 atom stereocenters. The Morgan fingerprint density at radius 3 is 2.46 bits per heavy atom. The summed E-state index contributed by atoms with van der Waals surface area (Å²) in [6.45, 7) is 2.89. The maximum absolute atomic E-state index is 13.9. The zero-order valence-electron chi connectivity index (χ0n) is 37.9. The van der Waals surface area contributed by atoms with Crippen molar-refractivity contribution in [1.82, 2.24) is 15.6 Å². The Kier molecular flexibility index (Phi) is 14.7. The molecule has 7 N–H and O–H groups in total. The van der Waals surface area contributed by atoms with Crippen LogP contribution in [-0.2, 0) is 56.0 Å². The lowest BCUT2D eigenvalue weighted by atomic mass is 9.46. The molecular weight excluding hydrogens is 979 g/mol. The molecule has 4 fully saturated rings. The number of carboxylic acid groups (broad SMARTS) is 1. The number of ketones is 2. The van der Waals surface area contributed by atoms with Gasteiger partial charge in [0.15, 0.2) is 23.5 Å². The number of halogens is 1.